The standard InChI is InChI=1S/C14H17N3O/c1-17-7-6-15-13(8-14(17)18)11-9-16-12-5-3-2-4-10(11)12/h2-5,9,13,15-16H,6-8H2,1H3. The van der Waals surface area contributed by atoms with E-state index in [0.29, 0.717) is 6.42 Å². The van der Waals surface area contributed by atoms with Crippen molar-refractivity contribution >= 4 is 16.8 Å². The van der Waals surface area contributed by atoms with Crippen molar-refractivity contribution in [2.75, 3.05) is 20.1 Å². The summed E-state index contributed by atoms with van der Waals surface area (Å²) in [5.74, 6) is 0.204. The van der Waals surface area contributed by atoms with Crippen LogP contribution in [0.5, 0.6) is 0 Å². The minimum atomic E-state index is 0.110. The predicted octanol–water partition coefficient (Wildman–Crippen LogP) is 1.66. The van der Waals surface area contributed by atoms with E-state index in [1.54, 1.807) is 4.90 Å². The number of carbonyl (C=O) groups excluding carboxylic acids is 1. The third kappa shape index (κ3) is 1.88. The van der Waals surface area contributed by atoms with Crippen molar-refractivity contribution in [2.45, 2.75) is 12.5 Å². The van der Waals surface area contributed by atoms with E-state index in [4.69, 9.17) is 0 Å². The highest BCUT2D eigenvalue weighted by Crippen LogP contribution is 2.27. The maximum absolute atomic E-state index is 11.9. The van der Waals surface area contributed by atoms with Gasteiger partial charge < -0.3 is 15.2 Å². The van der Waals surface area contributed by atoms with Crippen LogP contribution < -0.4 is 5.32 Å². The van der Waals surface area contributed by atoms with Gasteiger partial charge in [-0.2, -0.15) is 0 Å². The molecule has 4 nitrogen and oxygen atoms in total. The molecule has 0 radical (unpaired) electrons. The van der Waals surface area contributed by atoms with Crippen molar-refractivity contribution in [2.24, 2.45) is 0 Å². The second kappa shape index (κ2) is 4.46. The van der Waals surface area contributed by atoms with Crippen LogP contribution in [0, 0.1) is 0 Å². The maximum atomic E-state index is 11.9. The molecule has 1 unspecified atom stereocenters. The van der Waals surface area contributed by atoms with E-state index in [2.05, 4.69) is 22.4 Å². The largest absolute Gasteiger partial charge is 0.361 e. The summed E-state index contributed by atoms with van der Waals surface area (Å²) in [7, 11) is 1.86. The quantitative estimate of drug-likeness (QED) is 0.800. The molecular weight excluding hydrogens is 226 g/mol. The Kier molecular flexibility index (Phi) is 2.80. The number of rotatable bonds is 1. The average molecular weight is 243 g/mol. The molecule has 1 amide bonds. The van der Waals surface area contributed by atoms with E-state index in [-0.39, 0.29) is 11.9 Å². The molecule has 1 aromatic carbocycles. The number of hydrogen-bond acceptors (Lipinski definition) is 2. The second-order valence-corrected chi connectivity index (χ2v) is 4.82. The first kappa shape index (κ1) is 11.3. The van der Waals surface area contributed by atoms with Gasteiger partial charge in [0.05, 0.1) is 0 Å². The van der Waals surface area contributed by atoms with E-state index >= 15 is 0 Å². The van der Waals surface area contributed by atoms with Crippen LogP contribution in [0.4, 0.5) is 0 Å². The lowest BCUT2D eigenvalue weighted by atomic mass is 10.0. The molecule has 0 aliphatic carbocycles. The van der Waals surface area contributed by atoms with Crippen molar-refractivity contribution in [1.29, 1.82) is 0 Å². The Labute approximate surface area is 106 Å². The number of aromatic amines is 1. The van der Waals surface area contributed by atoms with Gasteiger partial charge in [-0.05, 0) is 11.6 Å². The fourth-order valence-corrected chi connectivity index (χ4v) is 2.54. The average Bonchev–Trinajstić information content (AvgIpc) is 2.73. The highest BCUT2D eigenvalue weighted by Gasteiger charge is 2.23. The fraction of sp³-hybridized carbons (Fsp3) is 0.357. The van der Waals surface area contributed by atoms with Crippen LogP contribution in [-0.4, -0.2) is 35.9 Å². The monoisotopic (exact) mass is 243 g/mol. The number of H-pyrrole nitrogens is 1. The summed E-state index contributed by atoms with van der Waals surface area (Å²) >= 11 is 0. The SMILES string of the molecule is CN1CCNC(c2c[nH]c3ccccc23)CC1=O. The van der Waals surface area contributed by atoms with Crippen LogP contribution in [0.2, 0.25) is 0 Å². The molecule has 2 aromatic rings. The van der Waals surface area contributed by atoms with Crippen molar-refractivity contribution in [3.05, 3.63) is 36.0 Å². The van der Waals surface area contributed by atoms with Gasteiger partial charge in [-0.3, -0.25) is 4.79 Å². The van der Waals surface area contributed by atoms with E-state index in [1.165, 1.54) is 10.9 Å². The zero-order valence-corrected chi connectivity index (χ0v) is 10.4. The first-order valence-electron chi connectivity index (χ1n) is 6.29. The van der Waals surface area contributed by atoms with Gasteiger partial charge >= 0.3 is 0 Å². The molecule has 1 atom stereocenters. The molecule has 1 fully saturated rings. The molecule has 3 rings (SSSR count). The van der Waals surface area contributed by atoms with Crippen LogP contribution in [0.15, 0.2) is 30.5 Å². The molecular formula is C14H17N3O. The van der Waals surface area contributed by atoms with Gasteiger partial charge in [0.2, 0.25) is 5.91 Å². The molecule has 1 aromatic heterocycles. The molecule has 94 valence electrons. The topological polar surface area (TPSA) is 48.1 Å². The number of aromatic nitrogens is 1. The van der Waals surface area contributed by atoms with Gasteiger partial charge in [-0.15, -0.1) is 0 Å². The third-order valence-electron chi connectivity index (χ3n) is 3.64. The first-order chi connectivity index (χ1) is 8.75. The molecule has 0 bridgehead atoms. The zero-order valence-electron chi connectivity index (χ0n) is 10.4. The lowest BCUT2D eigenvalue weighted by Gasteiger charge is -2.14. The Balaban J connectivity index is 1.96. The minimum Gasteiger partial charge on any atom is -0.361 e. The van der Waals surface area contributed by atoms with Crippen molar-refractivity contribution in [3.63, 3.8) is 0 Å². The smallest absolute Gasteiger partial charge is 0.224 e. The van der Waals surface area contributed by atoms with Crippen LogP contribution in [-0.2, 0) is 4.79 Å². The predicted molar refractivity (Wildman–Crippen MR) is 71.3 cm³/mol. The molecule has 2 heterocycles. The number of fused-ring (bicyclic) bond motifs is 1. The number of benzene rings is 1. The van der Waals surface area contributed by atoms with Gasteiger partial charge in [-0.25, -0.2) is 0 Å². The zero-order chi connectivity index (χ0) is 12.5. The Bertz CT molecular complexity index is 575. The number of hydrogen-bond donors (Lipinski definition) is 2. The highest BCUT2D eigenvalue weighted by atomic mass is 16.2. The molecule has 2 N–H and O–H groups in total. The number of likely N-dealkylation sites (N-methyl/N-ethyl adjacent to an activating group) is 1. The van der Waals surface area contributed by atoms with Gasteiger partial charge in [-0.1, -0.05) is 18.2 Å². The molecule has 0 saturated carbocycles. The normalized spacial score (nSPS) is 21.3. The van der Waals surface area contributed by atoms with Crippen molar-refractivity contribution in [3.8, 4) is 0 Å². The summed E-state index contributed by atoms with van der Waals surface area (Å²) in [6.07, 6.45) is 2.54. The number of nitrogens with one attached hydrogen (secondary N) is 2. The lowest BCUT2D eigenvalue weighted by molar-refractivity contribution is -0.129. The Hall–Kier alpha value is -1.81. The lowest BCUT2D eigenvalue weighted by Crippen LogP contribution is -2.27. The Morgan fingerprint density at radius 2 is 2.17 bits per heavy atom. The third-order valence-corrected chi connectivity index (χ3v) is 3.64. The summed E-state index contributed by atoms with van der Waals surface area (Å²) in [6.45, 7) is 1.62. The molecule has 0 spiro atoms. The van der Waals surface area contributed by atoms with Gasteiger partial charge in [0, 0.05) is 49.7 Å². The van der Waals surface area contributed by atoms with E-state index < -0.39 is 0 Å². The fourth-order valence-electron chi connectivity index (χ4n) is 2.54. The number of carbonyl (C=O) groups is 1. The van der Waals surface area contributed by atoms with Crippen LogP contribution in [0.3, 0.4) is 0 Å². The maximum Gasteiger partial charge on any atom is 0.224 e. The highest BCUT2D eigenvalue weighted by molar-refractivity contribution is 5.85. The summed E-state index contributed by atoms with van der Waals surface area (Å²) in [6, 6.07) is 8.32. The Morgan fingerprint density at radius 3 is 3.06 bits per heavy atom. The van der Waals surface area contributed by atoms with E-state index in [1.807, 2.05) is 25.4 Å². The number of para-hydroxylation sites is 1. The van der Waals surface area contributed by atoms with Gasteiger partial charge in [0.25, 0.3) is 0 Å². The number of amides is 1. The second-order valence-electron chi connectivity index (χ2n) is 4.82. The first-order valence-corrected chi connectivity index (χ1v) is 6.29. The molecule has 1 saturated heterocycles. The van der Waals surface area contributed by atoms with Crippen LogP contribution >= 0.6 is 0 Å². The van der Waals surface area contributed by atoms with Crippen molar-refractivity contribution < 1.29 is 4.79 Å². The molecule has 1 aliphatic heterocycles. The van der Waals surface area contributed by atoms with Gasteiger partial charge in [0.1, 0.15) is 0 Å². The van der Waals surface area contributed by atoms with E-state index in [0.717, 1.165) is 18.6 Å². The summed E-state index contributed by atoms with van der Waals surface area (Å²) in [5, 5.41) is 4.66. The van der Waals surface area contributed by atoms with Gasteiger partial charge in [0.15, 0.2) is 0 Å². The molecule has 4 heteroatoms. The molecule has 18 heavy (non-hydrogen) atoms. The number of nitrogens with zero attached hydrogens (tertiary/aromatic N) is 1. The molecule has 1 aliphatic rings. The van der Waals surface area contributed by atoms with E-state index in [9.17, 15) is 4.79 Å². The van der Waals surface area contributed by atoms with Crippen LogP contribution in [0.25, 0.3) is 10.9 Å². The summed E-state index contributed by atoms with van der Waals surface area (Å²) in [5.41, 5.74) is 2.31. The van der Waals surface area contributed by atoms with Crippen LogP contribution in [0.1, 0.15) is 18.0 Å². The Morgan fingerprint density at radius 1 is 1.33 bits per heavy atom. The minimum absolute atomic E-state index is 0.110. The van der Waals surface area contributed by atoms with Crippen molar-refractivity contribution in [1.82, 2.24) is 15.2 Å². The summed E-state index contributed by atoms with van der Waals surface area (Å²) < 4.78 is 0. The summed E-state index contributed by atoms with van der Waals surface area (Å²) in [4.78, 5) is 17.0.